The first kappa shape index (κ1) is 18.7. The average Bonchev–Trinajstić information content (AvgIpc) is 3.17. The van der Waals surface area contributed by atoms with Crippen LogP contribution < -0.4 is 21.1 Å². The van der Waals surface area contributed by atoms with Crippen molar-refractivity contribution >= 4 is 67.5 Å². The Morgan fingerprint density at radius 3 is 2.81 bits per heavy atom. The molecule has 0 aliphatic rings. The van der Waals surface area contributed by atoms with Crippen LogP contribution >= 0.6 is 23.7 Å². The fraction of sp³-hybridized carbons (Fsp3) is 0.118. The Morgan fingerprint density at radius 1 is 1.26 bits per heavy atom. The lowest BCUT2D eigenvalue weighted by atomic mass is 10.2. The highest BCUT2D eigenvalue weighted by Crippen LogP contribution is 2.35. The first-order chi connectivity index (χ1) is 12.5. The van der Waals surface area contributed by atoms with Crippen molar-refractivity contribution < 1.29 is 9.53 Å². The number of methoxy groups -OCH3 is 1. The van der Waals surface area contributed by atoms with E-state index in [0.717, 1.165) is 21.3 Å². The summed E-state index contributed by atoms with van der Waals surface area (Å²) < 4.78 is 8.37. The van der Waals surface area contributed by atoms with Crippen LogP contribution in [0.2, 0.25) is 0 Å². The van der Waals surface area contributed by atoms with Crippen molar-refractivity contribution in [2.75, 3.05) is 17.7 Å². The number of primary amides is 1. The van der Waals surface area contributed by atoms with Gasteiger partial charge in [0.05, 0.1) is 29.3 Å². The number of hydrogen-bond donors (Lipinski definition) is 3. The lowest BCUT2D eigenvalue weighted by Gasteiger charge is -2.11. The van der Waals surface area contributed by atoms with Gasteiger partial charge in [0.15, 0.2) is 5.13 Å². The molecule has 4 rings (SSSR count). The average molecular weight is 405 g/mol. The molecule has 0 spiro atoms. The lowest BCUT2D eigenvalue weighted by molar-refractivity contribution is 0.259. The summed E-state index contributed by atoms with van der Waals surface area (Å²) in [6.07, 6.45) is 1.78. The van der Waals surface area contributed by atoms with Crippen LogP contribution in [0.4, 0.5) is 21.3 Å². The summed E-state index contributed by atoms with van der Waals surface area (Å²) >= 11 is 1.52. The number of amides is 2. The summed E-state index contributed by atoms with van der Waals surface area (Å²) in [5, 5.41) is 6.50. The Bertz CT molecular complexity index is 1140. The molecule has 0 saturated carbocycles. The number of nitrogens with one attached hydrogen (secondary N) is 2. The molecule has 4 N–H and O–H groups in total. The van der Waals surface area contributed by atoms with E-state index in [1.165, 1.54) is 11.3 Å². The number of carbonyl (C=O) groups is 1. The summed E-state index contributed by atoms with van der Waals surface area (Å²) in [7, 11) is 3.53. The normalized spacial score (nSPS) is 10.6. The lowest BCUT2D eigenvalue weighted by Crippen LogP contribution is -2.19. The van der Waals surface area contributed by atoms with E-state index < -0.39 is 6.03 Å². The molecule has 0 saturated heterocycles. The predicted molar refractivity (Wildman–Crippen MR) is 111 cm³/mol. The Labute approximate surface area is 164 Å². The number of nitrogens with two attached hydrogens (primary N) is 1. The zero-order valence-corrected chi connectivity index (χ0v) is 16.1. The first-order valence-electron chi connectivity index (χ1n) is 7.77. The highest BCUT2D eigenvalue weighted by atomic mass is 35.5. The summed E-state index contributed by atoms with van der Waals surface area (Å²) in [4.78, 5) is 20.2. The molecule has 0 aliphatic carbocycles. The number of fused-ring (bicyclic) bond motifs is 3. The van der Waals surface area contributed by atoms with Crippen LogP contribution in [0.5, 0.6) is 5.75 Å². The van der Waals surface area contributed by atoms with Crippen LogP contribution in [0, 0.1) is 0 Å². The fourth-order valence-corrected chi connectivity index (χ4v) is 3.66. The van der Waals surface area contributed by atoms with Crippen LogP contribution in [-0.4, -0.2) is 27.7 Å². The Morgan fingerprint density at radius 2 is 2.07 bits per heavy atom. The predicted octanol–water partition coefficient (Wildman–Crippen LogP) is 3.85. The van der Waals surface area contributed by atoms with Gasteiger partial charge in [-0.05, 0) is 30.3 Å². The smallest absolute Gasteiger partial charge is 0.316 e. The minimum Gasteiger partial charge on any atom is -0.495 e. The minimum atomic E-state index is -0.626. The maximum absolute atomic E-state index is 11.1. The van der Waals surface area contributed by atoms with E-state index in [9.17, 15) is 4.79 Å². The van der Waals surface area contributed by atoms with Crippen molar-refractivity contribution in [3.8, 4) is 5.75 Å². The first-order valence-corrected chi connectivity index (χ1v) is 8.59. The summed E-state index contributed by atoms with van der Waals surface area (Å²) in [5.41, 5.74) is 9.16. The van der Waals surface area contributed by atoms with Gasteiger partial charge in [0.2, 0.25) is 0 Å². The second-order valence-corrected chi connectivity index (χ2v) is 6.71. The van der Waals surface area contributed by atoms with Crippen LogP contribution in [-0.2, 0) is 7.05 Å². The van der Waals surface area contributed by atoms with E-state index in [4.69, 9.17) is 10.5 Å². The number of benzene rings is 2. The second kappa shape index (κ2) is 7.29. The van der Waals surface area contributed by atoms with Gasteiger partial charge >= 0.3 is 6.03 Å². The number of aryl methyl sites for hydroxylation is 1. The third kappa shape index (κ3) is 3.46. The van der Waals surface area contributed by atoms with Crippen molar-refractivity contribution in [3.05, 3.63) is 36.7 Å². The number of urea groups is 1. The molecule has 140 valence electrons. The number of nitrogens with zero attached hydrogens (tertiary/aromatic N) is 3. The highest BCUT2D eigenvalue weighted by Gasteiger charge is 2.13. The minimum absolute atomic E-state index is 0. The van der Waals surface area contributed by atoms with E-state index in [2.05, 4.69) is 20.6 Å². The standard InChI is InChI=1S/C17H16N6O2S.ClH/c1-23-8-19-14-11(23)4-6-13-15(14)22-17(26-13)21-10-7-9(20-16(18)24)3-5-12(10)25-2;/h3-8H,1-2H3,(H,21,22)(H3,18,20,24);1H. The Hall–Kier alpha value is -3.04. The van der Waals surface area contributed by atoms with E-state index in [0.29, 0.717) is 22.3 Å². The molecule has 0 unspecified atom stereocenters. The number of carbonyl (C=O) groups excluding carboxylic acids is 1. The van der Waals surface area contributed by atoms with Crippen molar-refractivity contribution in [3.63, 3.8) is 0 Å². The molecule has 2 aromatic heterocycles. The molecule has 4 aromatic rings. The van der Waals surface area contributed by atoms with Gasteiger partial charge in [0.1, 0.15) is 16.8 Å². The molecule has 0 aliphatic heterocycles. The monoisotopic (exact) mass is 404 g/mol. The van der Waals surface area contributed by atoms with Gasteiger partial charge in [-0.25, -0.2) is 14.8 Å². The van der Waals surface area contributed by atoms with Gasteiger partial charge < -0.3 is 25.7 Å². The molecule has 10 heteroatoms. The zero-order chi connectivity index (χ0) is 18.3. The molecule has 0 radical (unpaired) electrons. The van der Waals surface area contributed by atoms with Gasteiger partial charge in [0, 0.05) is 12.7 Å². The molecular formula is C17H17ClN6O2S. The molecular weight excluding hydrogens is 388 g/mol. The number of anilines is 3. The van der Waals surface area contributed by atoms with Crippen LogP contribution in [0.15, 0.2) is 36.7 Å². The van der Waals surface area contributed by atoms with E-state index in [-0.39, 0.29) is 12.4 Å². The number of aromatic nitrogens is 3. The summed E-state index contributed by atoms with van der Waals surface area (Å²) in [5.74, 6) is 0.627. The van der Waals surface area contributed by atoms with E-state index in [1.54, 1.807) is 31.6 Å². The van der Waals surface area contributed by atoms with E-state index >= 15 is 0 Å². The van der Waals surface area contributed by atoms with Crippen molar-refractivity contribution in [2.24, 2.45) is 12.8 Å². The molecule has 2 aromatic carbocycles. The third-order valence-corrected chi connectivity index (χ3v) is 4.90. The number of halogens is 1. The summed E-state index contributed by atoms with van der Waals surface area (Å²) in [6, 6.07) is 8.64. The number of imidazole rings is 1. The van der Waals surface area contributed by atoms with Gasteiger partial charge in [-0.1, -0.05) is 11.3 Å². The van der Waals surface area contributed by atoms with Crippen molar-refractivity contribution in [1.82, 2.24) is 14.5 Å². The molecule has 2 heterocycles. The molecule has 0 fully saturated rings. The van der Waals surface area contributed by atoms with Crippen LogP contribution in [0.25, 0.3) is 21.3 Å². The number of thiazole rings is 1. The molecule has 0 atom stereocenters. The maximum atomic E-state index is 11.1. The largest absolute Gasteiger partial charge is 0.495 e. The number of ether oxygens (including phenoxy) is 1. The molecule has 8 nitrogen and oxygen atoms in total. The zero-order valence-electron chi connectivity index (χ0n) is 14.5. The van der Waals surface area contributed by atoms with Crippen molar-refractivity contribution in [2.45, 2.75) is 0 Å². The summed E-state index contributed by atoms with van der Waals surface area (Å²) in [6.45, 7) is 0. The fourth-order valence-electron chi connectivity index (χ4n) is 2.78. The van der Waals surface area contributed by atoms with Gasteiger partial charge in [0.25, 0.3) is 0 Å². The van der Waals surface area contributed by atoms with Crippen LogP contribution in [0.1, 0.15) is 0 Å². The van der Waals surface area contributed by atoms with Crippen LogP contribution in [0.3, 0.4) is 0 Å². The number of rotatable bonds is 4. The van der Waals surface area contributed by atoms with Gasteiger partial charge in [-0.3, -0.25) is 0 Å². The van der Waals surface area contributed by atoms with E-state index in [1.807, 2.05) is 23.7 Å². The Kier molecular flexibility index (Phi) is 5.06. The topological polar surface area (TPSA) is 107 Å². The van der Waals surface area contributed by atoms with Gasteiger partial charge in [-0.2, -0.15) is 0 Å². The molecule has 2 amide bonds. The van der Waals surface area contributed by atoms with Crippen molar-refractivity contribution in [1.29, 1.82) is 0 Å². The second-order valence-electron chi connectivity index (χ2n) is 5.68. The quantitative estimate of drug-likeness (QED) is 0.479. The number of hydrogen-bond acceptors (Lipinski definition) is 6. The Balaban J connectivity index is 0.00000210. The highest BCUT2D eigenvalue weighted by molar-refractivity contribution is 7.22. The van der Waals surface area contributed by atoms with Gasteiger partial charge in [-0.15, -0.1) is 12.4 Å². The molecule has 27 heavy (non-hydrogen) atoms. The SMILES string of the molecule is COc1ccc(NC(N)=O)cc1Nc1nc2c(ccc3c2ncn3C)s1.Cl. The molecule has 0 bridgehead atoms. The third-order valence-electron chi connectivity index (χ3n) is 3.96. The maximum Gasteiger partial charge on any atom is 0.316 e.